The molecule has 0 bridgehead atoms. The van der Waals surface area contributed by atoms with Gasteiger partial charge in [-0.25, -0.2) is 0 Å². The minimum absolute atomic E-state index is 0.0292. The molecule has 3 atom stereocenters. The fourth-order valence-corrected chi connectivity index (χ4v) is 10.3. The van der Waals surface area contributed by atoms with Crippen LogP contribution in [0.4, 0.5) is 0 Å². The van der Waals surface area contributed by atoms with Crippen molar-refractivity contribution in [1.29, 1.82) is 0 Å². The minimum atomic E-state index is -0.432. The summed E-state index contributed by atoms with van der Waals surface area (Å²) in [5, 5.41) is 0. The summed E-state index contributed by atoms with van der Waals surface area (Å²) in [5.74, 6) is 0.366. The first-order chi connectivity index (χ1) is 27.3. The molecule has 330 valence electrons. The van der Waals surface area contributed by atoms with Crippen molar-refractivity contribution in [3.8, 4) is 0 Å². The van der Waals surface area contributed by atoms with Gasteiger partial charge in [0.1, 0.15) is 0 Å². The zero-order chi connectivity index (χ0) is 41.6. The fraction of sp³-hybridized carbons (Fsp3) is 0.885. The highest BCUT2D eigenvalue weighted by Gasteiger charge is 2.54. The van der Waals surface area contributed by atoms with Crippen LogP contribution in [0.3, 0.4) is 0 Å². The number of hydrogen-bond donors (Lipinski definition) is 2. The van der Waals surface area contributed by atoms with Gasteiger partial charge >= 0.3 is 0 Å². The van der Waals surface area contributed by atoms with E-state index in [1.54, 1.807) is 0 Å². The van der Waals surface area contributed by atoms with E-state index in [1.807, 2.05) is 0 Å². The van der Waals surface area contributed by atoms with E-state index in [-0.39, 0.29) is 23.1 Å². The maximum Gasteiger partial charge on any atom is 0.224 e. The summed E-state index contributed by atoms with van der Waals surface area (Å²) in [6.07, 6.45) is 52.8. The van der Waals surface area contributed by atoms with Crippen LogP contribution in [-0.2, 0) is 9.59 Å². The first-order valence-corrected chi connectivity index (χ1v) is 25.2. The highest BCUT2D eigenvalue weighted by molar-refractivity contribution is 5.82. The molecule has 0 aliphatic carbocycles. The molecule has 0 aromatic carbocycles. The van der Waals surface area contributed by atoms with E-state index in [0.29, 0.717) is 5.92 Å². The van der Waals surface area contributed by atoms with Crippen LogP contribution < -0.4 is 11.5 Å². The van der Waals surface area contributed by atoms with Gasteiger partial charge in [-0.2, -0.15) is 0 Å². The molecule has 0 spiro atoms. The number of nitrogens with two attached hydrogens (primary N) is 2. The SMILES string of the molecule is CCCCCCC=CCCCCCCCCC(CCCCCCC(CC)C(CC)(CC)C(CC)(CCCCCCCCC=CCCCCCC)C(N)=O)C(N)=O. The minimum Gasteiger partial charge on any atom is -0.369 e. The molecule has 0 rings (SSSR count). The van der Waals surface area contributed by atoms with Crippen LogP contribution in [0.25, 0.3) is 0 Å². The van der Waals surface area contributed by atoms with Crippen LogP contribution in [0.15, 0.2) is 24.3 Å². The Balaban J connectivity index is 4.63. The van der Waals surface area contributed by atoms with Crippen molar-refractivity contribution in [2.24, 2.45) is 34.1 Å². The molecule has 4 heteroatoms. The summed E-state index contributed by atoms with van der Waals surface area (Å²) in [5.41, 5.74) is 11.8. The summed E-state index contributed by atoms with van der Waals surface area (Å²) in [7, 11) is 0. The molecule has 0 aliphatic rings. The number of carbonyl (C=O) groups excluding carboxylic acids is 2. The first kappa shape index (κ1) is 54.4. The largest absolute Gasteiger partial charge is 0.369 e. The van der Waals surface area contributed by atoms with Gasteiger partial charge in [-0.1, -0.05) is 201 Å². The van der Waals surface area contributed by atoms with Crippen LogP contribution in [0.1, 0.15) is 273 Å². The third-order valence-corrected chi connectivity index (χ3v) is 14.0. The lowest BCUT2D eigenvalue weighted by atomic mass is 9.50. The lowest BCUT2D eigenvalue weighted by Crippen LogP contribution is -2.54. The van der Waals surface area contributed by atoms with Crippen LogP contribution >= 0.6 is 0 Å². The van der Waals surface area contributed by atoms with Crippen LogP contribution in [0.5, 0.6) is 0 Å². The molecule has 0 aromatic heterocycles. The molecule has 0 saturated carbocycles. The van der Waals surface area contributed by atoms with Gasteiger partial charge in [-0.05, 0) is 108 Å². The molecule has 4 nitrogen and oxygen atoms in total. The lowest BCUT2D eigenvalue weighted by Gasteiger charge is -2.53. The second kappa shape index (κ2) is 37.7. The number of hydrogen-bond acceptors (Lipinski definition) is 2. The van der Waals surface area contributed by atoms with E-state index in [0.717, 1.165) is 77.0 Å². The number of allylic oxidation sites excluding steroid dienone is 4. The van der Waals surface area contributed by atoms with E-state index in [9.17, 15) is 9.59 Å². The van der Waals surface area contributed by atoms with Crippen molar-refractivity contribution in [2.45, 2.75) is 273 Å². The van der Waals surface area contributed by atoms with Crippen molar-refractivity contribution < 1.29 is 9.59 Å². The van der Waals surface area contributed by atoms with Crippen molar-refractivity contribution in [1.82, 2.24) is 0 Å². The first-order valence-electron chi connectivity index (χ1n) is 25.2. The average Bonchev–Trinajstić information content (AvgIpc) is 3.19. The van der Waals surface area contributed by atoms with E-state index in [4.69, 9.17) is 11.5 Å². The van der Waals surface area contributed by atoms with Crippen LogP contribution in [-0.4, -0.2) is 11.8 Å². The third-order valence-electron chi connectivity index (χ3n) is 14.0. The zero-order valence-corrected chi connectivity index (χ0v) is 38.9. The van der Waals surface area contributed by atoms with Gasteiger partial charge in [-0.15, -0.1) is 0 Å². The number of primary amides is 2. The normalized spacial score (nSPS) is 14.5. The molecule has 0 aliphatic heterocycles. The number of amides is 2. The summed E-state index contributed by atoms with van der Waals surface area (Å²) in [4.78, 5) is 25.8. The van der Waals surface area contributed by atoms with Gasteiger partial charge in [0.25, 0.3) is 0 Å². The van der Waals surface area contributed by atoms with Crippen molar-refractivity contribution in [3.05, 3.63) is 24.3 Å². The second-order valence-corrected chi connectivity index (χ2v) is 17.9. The van der Waals surface area contributed by atoms with Gasteiger partial charge in [0.2, 0.25) is 11.8 Å². The quantitative estimate of drug-likeness (QED) is 0.0476. The highest BCUT2D eigenvalue weighted by Crippen LogP contribution is 2.57. The van der Waals surface area contributed by atoms with Crippen molar-refractivity contribution in [2.75, 3.05) is 0 Å². The summed E-state index contributed by atoms with van der Waals surface area (Å²) in [6.45, 7) is 13.7. The summed E-state index contributed by atoms with van der Waals surface area (Å²) < 4.78 is 0. The molecule has 0 fully saturated rings. The number of rotatable bonds is 43. The maximum atomic E-state index is 13.5. The average molecular weight is 785 g/mol. The van der Waals surface area contributed by atoms with Crippen LogP contribution in [0.2, 0.25) is 0 Å². The topological polar surface area (TPSA) is 86.2 Å². The molecule has 0 aromatic rings. The van der Waals surface area contributed by atoms with Crippen molar-refractivity contribution >= 4 is 11.8 Å². The van der Waals surface area contributed by atoms with Gasteiger partial charge in [0, 0.05) is 5.92 Å². The third kappa shape index (κ3) is 23.7. The maximum absolute atomic E-state index is 13.5. The Bertz CT molecular complexity index is 952. The van der Waals surface area contributed by atoms with Gasteiger partial charge in [-0.3, -0.25) is 9.59 Å². The molecule has 56 heavy (non-hydrogen) atoms. The van der Waals surface area contributed by atoms with Gasteiger partial charge < -0.3 is 11.5 Å². The fourth-order valence-electron chi connectivity index (χ4n) is 10.3. The Morgan fingerprint density at radius 3 is 1.14 bits per heavy atom. The molecule has 0 saturated heterocycles. The van der Waals surface area contributed by atoms with Gasteiger partial charge in [0.15, 0.2) is 0 Å². The molecule has 0 heterocycles. The number of unbranched alkanes of at least 4 members (excludes halogenated alkanes) is 23. The smallest absolute Gasteiger partial charge is 0.224 e. The molecule has 4 N–H and O–H groups in total. The monoisotopic (exact) mass is 785 g/mol. The Labute approximate surface area is 351 Å². The second-order valence-electron chi connectivity index (χ2n) is 17.9. The van der Waals surface area contributed by atoms with Crippen LogP contribution in [0, 0.1) is 22.7 Å². The zero-order valence-electron chi connectivity index (χ0n) is 38.9. The van der Waals surface area contributed by atoms with E-state index in [1.165, 1.54) is 154 Å². The summed E-state index contributed by atoms with van der Waals surface area (Å²) in [6, 6.07) is 0. The van der Waals surface area contributed by atoms with Gasteiger partial charge in [0.05, 0.1) is 5.41 Å². The molecule has 3 unspecified atom stereocenters. The Morgan fingerprint density at radius 2 is 0.804 bits per heavy atom. The predicted molar refractivity (Wildman–Crippen MR) is 249 cm³/mol. The van der Waals surface area contributed by atoms with E-state index in [2.05, 4.69) is 65.8 Å². The predicted octanol–water partition coefficient (Wildman–Crippen LogP) is 16.4. The molecule has 0 radical (unpaired) electrons. The molecular formula is C52H100N2O2. The Hall–Kier alpha value is -1.58. The number of carbonyl (C=O) groups is 2. The molecule has 2 amide bonds. The highest BCUT2D eigenvalue weighted by atomic mass is 16.1. The lowest BCUT2D eigenvalue weighted by molar-refractivity contribution is -0.145. The van der Waals surface area contributed by atoms with E-state index < -0.39 is 5.41 Å². The Kier molecular flexibility index (Phi) is 36.6. The Morgan fingerprint density at radius 1 is 0.446 bits per heavy atom. The summed E-state index contributed by atoms with van der Waals surface area (Å²) >= 11 is 0. The van der Waals surface area contributed by atoms with E-state index >= 15 is 0 Å². The van der Waals surface area contributed by atoms with Crippen molar-refractivity contribution in [3.63, 3.8) is 0 Å². The standard InChI is InChI=1S/C52H100N2O2/c1-7-13-15-17-19-21-23-25-27-29-31-33-35-39-43-47(49(53)55)44-40-36-37-41-45-48(9-3)51(10-4,11-5)52(12-6,50(54)56)46-42-38-34-32-30-28-26-24-22-20-18-16-14-8-2/h21-24,47-48H,7-20,25-46H2,1-6H3,(H2,53,55)(H2,54,56). The molecular weight excluding hydrogens is 685 g/mol.